The number of nitrogens with one attached hydrogen (secondary N) is 2. The fourth-order valence-corrected chi connectivity index (χ4v) is 3.08. The Morgan fingerprint density at radius 1 is 0.686 bits per heavy atom. The third-order valence-electron chi connectivity index (χ3n) is 3.92. The quantitative estimate of drug-likeness (QED) is 0.467. The van der Waals surface area contributed by atoms with Crippen LogP contribution in [0.5, 0.6) is 0 Å². The maximum absolute atomic E-state index is 13.8. The van der Waals surface area contributed by atoms with Crippen LogP contribution in [0.1, 0.15) is 6.92 Å². The van der Waals surface area contributed by atoms with Crippen LogP contribution in [-0.4, -0.2) is 56.0 Å². The minimum Gasteiger partial charge on any atom is -0.321 e. The zero-order chi connectivity index (χ0) is 28.1. The van der Waals surface area contributed by atoms with Crippen molar-refractivity contribution in [1.29, 1.82) is 0 Å². The molecule has 0 aromatic heterocycles. The Bertz CT molecular complexity index is 1080. The number of hydrogen-bond acceptors (Lipinski definition) is 4. The van der Waals surface area contributed by atoms with Gasteiger partial charge in [-0.25, -0.2) is 13.1 Å². The maximum atomic E-state index is 13.8. The number of carbonyl (C=O) groups is 2. The Morgan fingerprint density at radius 2 is 1.09 bits per heavy atom. The largest absolute Gasteiger partial charge is 0.460 e. The van der Waals surface area contributed by atoms with E-state index >= 15 is 0 Å². The van der Waals surface area contributed by atoms with Crippen LogP contribution in [-0.2, 0) is 19.6 Å². The first kappa shape index (κ1) is 30.2. The Hall–Kier alpha value is -2.80. The molecule has 2 amide bonds. The molecule has 1 rings (SSSR count). The highest BCUT2D eigenvalue weighted by molar-refractivity contribution is 7.90. The monoisotopic (exact) mass is 560 g/mol. The summed E-state index contributed by atoms with van der Waals surface area (Å²) in [6.45, 7) is 0.762. The number of carbonyl (C=O) groups excluding carboxylic acids is 2. The van der Waals surface area contributed by atoms with E-state index in [1.54, 1.807) is 0 Å². The predicted octanol–water partition coefficient (Wildman–Crippen LogP) is 4.19. The van der Waals surface area contributed by atoms with E-state index in [9.17, 15) is 75.1 Å². The SMILES string of the molecule is CC(=O)NS(=O)(=O)c1ccc(NC(=O)C(F)(F)C(F)(F)C(F)(F)C(F)(F)C(F)(F)C(F)(F)F)cc1. The van der Waals surface area contributed by atoms with Gasteiger partial charge in [0.05, 0.1) is 4.90 Å². The van der Waals surface area contributed by atoms with Crippen molar-refractivity contribution in [2.24, 2.45) is 0 Å². The molecular formula is C15H9F13N2O4S. The first-order valence-corrected chi connectivity index (χ1v) is 9.66. The first-order valence-electron chi connectivity index (χ1n) is 8.18. The number of halogens is 13. The van der Waals surface area contributed by atoms with Crippen molar-refractivity contribution in [1.82, 2.24) is 4.72 Å². The molecule has 0 aliphatic carbocycles. The van der Waals surface area contributed by atoms with Crippen LogP contribution < -0.4 is 10.0 Å². The smallest absolute Gasteiger partial charge is 0.321 e. The normalized spacial score (nSPS) is 14.5. The molecule has 0 radical (unpaired) electrons. The molecule has 0 spiro atoms. The van der Waals surface area contributed by atoms with E-state index in [0.29, 0.717) is 24.3 Å². The van der Waals surface area contributed by atoms with Crippen molar-refractivity contribution in [3.63, 3.8) is 0 Å². The van der Waals surface area contributed by atoms with Crippen LogP contribution in [0.15, 0.2) is 29.2 Å². The van der Waals surface area contributed by atoms with Gasteiger partial charge in [-0.3, -0.25) is 9.59 Å². The predicted molar refractivity (Wildman–Crippen MR) is 86.9 cm³/mol. The van der Waals surface area contributed by atoms with Crippen LogP contribution in [0.25, 0.3) is 0 Å². The molecule has 1 aromatic rings. The highest BCUT2D eigenvalue weighted by atomic mass is 32.2. The topological polar surface area (TPSA) is 92.3 Å². The van der Waals surface area contributed by atoms with E-state index in [-0.39, 0.29) is 0 Å². The number of sulfonamides is 1. The summed E-state index contributed by atoms with van der Waals surface area (Å²) in [5, 5.41) is 0.761. The number of anilines is 1. The third-order valence-corrected chi connectivity index (χ3v) is 5.37. The van der Waals surface area contributed by atoms with Crippen molar-refractivity contribution >= 4 is 27.5 Å². The summed E-state index contributed by atoms with van der Waals surface area (Å²) in [6.07, 6.45) is -7.59. The van der Waals surface area contributed by atoms with Crippen molar-refractivity contribution in [2.45, 2.75) is 47.6 Å². The average molecular weight is 560 g/mol. The summed E-state index contributed by atoms with van der Waals surface area (Å²) in [4.78, 5) is 21.4. The summed E-state index contributed by atoms with van der Waals surface area (Å²) in [5.41, 5.74) is -1.08. The molecule has 35 heavy (non-hydrogen) atoms. The van der Waals surface area contributed by atoms with Gasteiger partial charge in [0.1, 0.15) is 0 Å². The van der Waals surface area contributed by atoms with E-state index in [0.717, 1.165) is 12.2 Å². The molecule has 0 saturated carbocycles. The Labute approximate surface area is 185 Å². The van der Waals surface area contributed by atoms with Gasteiger partial charge in [-0.2, -0.15) is 57.1 Å². The Balaban J connectivity index is 3.33. The van der Waals surface area contributed by atoms with Gasteiger partial charge in [-0.05, 0) is 24.3 Å². The number of alkyl halides is 13. The molecule has 0 unspecified atom stereocenters. The second kappa shape index (κ2) is 8.70. The first-order chi connectivity index (χ1) is 15.3. The fraction of sp³-hybridized carbons (Fsp3) is 0.467. The lowest BCUT2D eigenvalue weighted by Crippen LogP contribution is -2.71. The molecule has 200 valence electrons. The van der Waals surface area contributed by atoms with Gasteiger partial charge in [-0.1, -0.05) is 0 Å². The van der Waals surface area contributed by atoms with Crippen LogP contribution in [0, 0.1) is 0 Å². The zero-order valence-corrected chi connectivity index (χ0v) is 17.1. The standard InChI is InChI=1S/C15H9F13N2O4S/c1-6(31)30-35(33,34)8-4-2-7(3-5-8)29-9(32)10(16,17)11(18,19)12(20,21)13(22,23)14(24,25)15(26,27)28/h2-5H,1H3,(H,29,32)(H,30,31). The summed E-state index contributed by atoms with van der Waals surface area (Å²) in [5.74, 6) is -43.8. The summed E-state index contributed by atoms with van der Waals surface area (Å²) in [7, 11) is -4.54. The van der Waals surface area contributed by atoms with Crippen molar-refractivity contribution < 1.29 is 75.1 Å². The second-order valence-electron chi connectivity index (χ2n) is 6.51. The summed E-state index contributed by atoms with van der Waals surface area (Å²) in [6, 6.07) is 1.60. The van der Waals surface area contributed by atoms with Gasteiger partial charge in [0.25, 0.3) is 10.0 Å². The second-order valence-corrected chi connectivity index (χ2v) is 8.19. The lowest BCUT2D eigenvalue weighted by molar-refractivity contribution is -0.435. The zero-order valence-electron chi connectivity index (χ0n) is 16.3. The third kappa shape index (κ3) is 4.96. The molecule has 0 atom stereocenters. The number of amides is 2. The molecule has 2 N–H and O–H groups in total. The Kier molecular flexibility index (Phi) is 7.51. The van der Waals surface area contributed by atoms with E-state index in [1.165, 1.54) is 4.72 Å². The van der Waals surface area contributed by atoms with Crippen molar-refractivity contribution in [3.05, 3.63) is 24.3 Å². The molecule has 6 nitrogen and oxygen atoms in total. The minimum atomic E-state index is -8.16. The molecule has 0 aliphatic rings. The van der Waals surface area contributed by atoms with Gasteiger partial charge >= 0.3 is 41.7 Å². The van der Waals surface area contributed by atoms with Crippen LogP contribution >= 0.6 is 0 Å². The molecule has 0 heterocycles. The summed E-state index contributed by atoms with van der Waals surface area (Å²) >= 11 is 0. The maximum Gasteiger partial charge on any atom is 0.460 e. The van der Waals surface area contributed by atoms with Crippen LogP contribution in [0.3, 0.4) is 0 Å². The molecule has 0 fully saturated rings. The molecule has 0 bridgehead atoms. The number of rotatable bonds is 8. The van der Waals surface area contributed by atoms with E-state index in [1.807, 2.05) is 0 Å². The minimum absolute atomic E-state index is 0.353. The van der Waals surface area contributed by atoms with Gasteiger partial charge in [0.15, 0.2) is 0 Å². The molecular weight excluding hydrogens is 551 g/mol. The fourth-order valence-electron chi connectivity index (χ4n) is 2.09. The average Bonchev–Trinajstić information content (AvgIpc) is 2.65. The van der Waals surface area contributed by atoms with Crippen molar-refractivity contribution in [3.8, 4) is 0 Å². The lowest BCUT2D eigenvalue weighted by atomic mass is 9.93. The van der Waals surface area contributed by atoms with Gasteiger partial charge in [0.2, 0.25) is 5.91 Å². The van der Waals surface area contributed by atoms with E-state index in [4.69, 9.17) is 0 Å². The molecule has 1 aromatic carbocycles. The number of benzene rings is 1. The van der Waals surface area contributed by atoms with Gasteiger partial charge in [0, 0.05) is 12.6 Å². The lowest BCUT2D eigenvalue weighted by Gasteiger charge is -2.39. The summed E-state index contributed by atoms with van der Waals surface area (Å²) < 4.78 is 194. The number of hydrogen-bond donors (Lipinski definition) is 2. The Morgan fingerprint density at radius 3 is 1.46 bits per heavy atom. The molecule has 0 saturated heterocycles. The van der Waals surface area contributed by atoms with Crippen LogP contribution in [0.2, 0.25) is 0 Å². The molecule has 0 aliphatic heterocycles. The van der Waals surface area contributed by atoms with Crippen LogP contribution in [0.4, 0.5) is 62.8 Å². The molecule has 20 heteroatoms. The highest BCUT2D eigenvalue weighted by Crippen LogP contribution is 2.60. The van der Waals surface area contributed by atoms with Gasteiger partial charge < -0.3 is 5.32 Å². The van der Waals surface area contributed by atoms with E-state index < -0.39 is 68.2 Å². The highest BCUT2D eigenvalue weighted by Gasteiger charge is 2.91. The van der Waals surface area contributed by atoms with Crippen molar-refractivity contribution in [2.75, 3.05) is 5.32 Å². The van der Waals surface area contributed by atoms with Gasteiger partial charge in [-0.15, -0.1) is 0 Å². The van der Waals surface area contributed by atoms with E-state index in [2.05, 4.69) is 0 Å².